The van der Waals surface area contributed by atoms with Crippen molar-refractivity contribution in [1.29, 1.82) is 0 Å². The van der Waals surface area contributed by atoms with E-state index >= 15 is 0 Å². The molecule has 88 valence electrons. The summed E-state index contributed by atoms with van der Waals surface area (Å²) < 4.78 is 0. The zero-order valence-corrected chi connectivity index (χ0v) is 11.0. The van der Waals surface area contributed by atoms with Gasteiger partial charge in [-0.2, -0.15) is 0 Å². The molecule has 0 aromatic heterocycles. The molecule has 0 bridgehead atoms. The van der Waals surface area contributed by atoms with Gasteiger partial charge >= 0.3 is 0 Å². The summed E-state index contributed by atoms with van der Waals surface area (Å²) in [6.45, 7) is 5.72. The number of likely N-dealkylation sites (N-methyl/N-ethyl adjacent to an activating group) is 1. The minimum absolute atomic E-state index is 0. The molecule has 1 aliphatic rings. The van der Waals surface area contributed by atoms with E-state index < -0.39 is 0 Å². The molecule has 1 nitrogen and oxygen atoms in total. The first-order chi connectivity index (χ1) is 7.18. The van der Waals surface area contributed by atoms with Crippen molar-refractivity contribution >= 4 is 18.0 Å². The van der Waals surface area contributed by atoms with E-state index in [1.807, 2.05) is 0 Å². The highest BCUT2D eigenvalue weighted by Crippen LogP contribution is 2.28. The Labute approximate surface area is 105 Å². The zero-order chi connectivity index (χ0) is 10.8. The maximum atomic E-state index is 2.40. The Balaban J connectivity index is 0.00000128. The Bertz CT molecular complexity index is 358. The van der Waals surface area contributed by atoms with Crippen LogP contribution in [0.15, 0.2) is 36.4 Å². The first-order valence-electron chi connectivity index (χ1n) is 5.66. The highest BCUT2D eigenvalue weighted by molar-refractivity contribution is 5.85. The molecule has 2 atom stereocenters. The second kappa shape index (κ2) is 5.51. The molecule has 0 N–H and O–H groups in total. The summed E-state index contributed by atoms with van der Waals surface area (Å²) in [5.41, 5.74) is 2.88. The molecule has 0 saturated carbocycles. The fraction of sp³-hybridized carbons (Fsp3) is 0.429. The van der Waals surface area contributed by atoms with E-state index in [0.29, 0.717) is 12.0 Å². The second-order valence-corrected chi connectivity index (χ2v) is 4.57. The number of hydrogen-bond donors (Lipinski definition) is 0. The van der Waals surface area contributed by atoms with Gasteiger partial charge in [0, 0.05) is 12.6 Å². The van der Waals surface area contributed by atoms with Gasteiger partial charge in [0.25, 0.3) is 0 Å². The normalized spacial score (nSPS) is 25.8. The fourth-order valence-corrected chi connectivity index (χ4v) is 2.26. The van der Waals surface area contributed by atoms with Gasteiger partial charge in [-0.15, -0.1) is 12.4 Å². The van der Waals surface area contributed by atoms with Crippen LogP contribution in [0, 0.1) is 5.92 Å². The number of rotatable bonds is 1. The predicted molar refractivity (Wildman–Crippen MR) is 72.9 cm³/mol. The summed E-state index contributed by atoms with van der Waals surface area (Å²) in [6, 6.07) is 11.3. The third-order valence-corrected chi connectivity index (χ3v) is 3.32. The quantitative estimate of drug-likeness (QED) is 0.723. The summed E-state index contributed by atoms with van der Waals surface area (Å²) in [5, 5.41) is 0. The van der Waals surface area contributed by atoms with Crippen LogP contribution in [0.4, 0.5) is 0 Å². The maximum Gasteiger partial charge on any atom is 0.0253 e. The van der Waals surface area contributed by atoms with E-state index in [2.05, 4.69) is 62.2 Å². The van der Waals surface area contributed by atoms with E-state index in [1.165, 1.54) is 11.1 Å². The van der Waals surface area contributed by atoms with E-state index in [1.54, 1.807) is 0 Å². The molecular formula is C14H20ClN. The van der Waals surface area contributed by atoms with Gasteiger partial charge in [0.2, 0.25) is 0 Å². The first kappa shape index (κ1) is 13.3. The SMILES string of the molecule is CC1CN(C)C(C)C=C1c1ccccc1.Cl. The molecule has 1 aromatic carbocycles. The molecular weight excluding hydrogens is 218 g/mol. The third kappa shape index (κ3) is 2.66. The predicted octanol–water partition coefficient (Wildman–Crippen LogP) is 3.46. The van der Waals surface area contributed by atoms with Crippen molar-refractivity contribution in [1.82, 2.24) is 4.90 Å². The van der Waals surface area contributed by atoms with Gasteiger partial charge in [-0.1, -0.05) is 43.3 Å². The lowest BCUT2D eigenvalue weighted by Crippen LogP contribution is -2.36. The lowest BCUT2D eigenvalue weighted by Gasteiger charge is -2.33. The lowest BCUT2D eigenvalue weighted by atomic mass is 9.88. The zero-order valence-electron chi connectivity index (χ0n) is 10.2. The third-order valence-electron chi connectivity index (χ3n) is 3.32. The van der Waals surface area contributed by atoms with E-state index in [-0.39, 0.29) is 12.4 Å². The average Bonchev–Trinajstić information content (AvgIpc) is 2.25. The fourth-order valence-electron chi connectivity index (χ4n) is 2.26. The molecule has 2 heteroatoms. The van der Waals surface area contributed by atoms with E-state index in [0.717, 1.165) is 6.54 Å². The summed E-state index contributed by atoms with van der Waals surface area (Å²) >= 11 is 0. The van der Waals surface area contributed by atoms with Gasteiger partial charge in [-0.05, 0) is 31.0 Å². The highest BCUT2D eigenvalue weighted by Gasteiger charge is 2.21. The van der Waals surface area contributed by atoms with Gasteiger partial charge in [-0.3, -0.25) is 4.90 Å². The van der Waals surface area contributed by atoms with Crippen molar-refractivity contribution in [3.8, 4) is 0 Å². The molecule has 0 fully saturated rings. The molecule has 2 rings (SSSR count). The van der Waals surface area contributed by atoms with Crippen LogP contribution in [0.1, 0.15) is 19.4 Å². The van der Waals surface area contributed by atoms with Crippen LogP contribution in [-0.4, -0.2) is 24.5 Å². The van der Waals surface area contributed by atoms with Crippen molar-refractivity contribution < 1.29 is 0 Å². The average molecular weight is 238 g/mol. The van der Waals surface area contributed by atoms with Gasteiger partial charge < -0.3 is 0 Å². The summed E-state index contributed by atoms with van der Waals surface area (Å²) in [5.74, 6) is 0.633. The minimum atomic E-state index is 0. The number of benzene rings is 1. The molecule has 0 radical (unpaired) electrons. The molecule has 1 aliphatic heterocycles. The summed E-state index contributed by atoms with van der Waals surface area (Å²) in [6.07, 6.45) is 2.39. The Hall–Kier alpha value is -0.790. The molecule has 1 heterocycles. The molecule has 0 aliphatic carbocycles. The van der Waals surface area contributed by atoms with Crippen molar-refractivity contribution in [2.24, 2.45) is 5.92 Å². The molecule has 0 spiro atoms. The van der Waals surface area contributed by atoms with Crippen molar-refractivity contribution in [3.05, 3.63) is 42.0 Å². The van der Waals surface area contributed by atoms with Crippen LogP contribution in [-0.2, 0) is 0 Å². The van der Waals surface area contributed by atoms with Crippen molar-refractivity contribution in [2.45, 2.75) is 19.9 Å². The van der Waals surface area contributed by atoms with Crippen LogP contribution in [0.25, 0.3) is 5.57 Å². The van der Waals surface area contributed by atoms with E-state index in [4.69, 9.17) is 0 Å². The maximum absolute atomic E-state index is 2.40. The molecule has 16 heavy (non-hydrogen) atoms. The van der Waals surface area contributed by atoms with Gasteiger partial charge in [0.1, 0.15) is 0 Å². The monoisotopic (exact) mass is 237 g/mol. The van der Waals surface area contributed by atoms with Crippen LogP contribution in [0.2, 0.25) is 0 Å². The highest BCUT2D eigenvalue weighted by atomic mass is 35.5. The van der Waals surface area contributed by atoms with Crippen LogP contribution < -0.4 is 0 Å². The van der Waals surface area contributed by atoms with Gasteiger partial charge in [0.05, 0.1) is 0 Å². The Morgan fingerprint density at radius 2 is 1.75 bits per heavy atom. The Morgan fingerprint density at radius 1 is 1.12 bits per heavy atom. The minimum Gasteiger partial charge on any atom is -0.300 e. The van der Waals surface area contributed by atoms with Crippen molar-refractivity contribution in [2.75, 3.05) is 13.6 Å². The number of halogens is 1. The molecule has 1 aromatic rings. The molecule has 0 saturated heterocycles. The number of nitrogens with zero attached hydrogens (tertiary/aromatic N) is 1. The second-order valence-electron chi connectivity index (χ2n) is 4.57. The van der Waals surface area contributed by atoms with E-state index in [9.17, 15) is 0 Å². The largest absolute Gasteiger partial charge is 0.300 e. The van der Waals surface area contributed by atoms with Crippen LogP contribution >= 0.6 is 12.4 Å². The van der Waals surface area contributed by atoms with Crippen LogP contribution in [0.5, 0.6) is 0 Å². The Morgan fingerprint density at radius 3 is 2.38 bits per heavy atom. The van der Waals surface area contributed by atoms with Crippen LogP contribution in [0.3, 0.4) is 0 Å². The standard InChI is InChI=1S/C14H19N.ClH/c1-11-10-15(3)12(2)9-14(11)13-7-5-4-6-8-13;/h4-9,11-12H,10H2,1-3H3;1H. The lowest BCUT2D eigenvalue weighted by molar-refractivity contribution is 0.264. The summed E-state index contributed by atoms with van der Waals surface area (Å²) in [7, 11) is 2.19. The molecule has 2 unspecified atom stereocenters. The first-order valence-corrected chi connectivity index (χ1v) is 5.66. The molecule has 0 amide bonds. The summed E-state index contributed by atoms with van der Waals surface area (Å²) in [4.78, 5) is 2.40. The van der Waals surface area contributed by atoms with Gasteiger partial charge in [0.15, 0.2) is 0 Å². The van der Waals surface area contributed by atoms with Gasteiger partial charge in [-0.25, -0.2) is 0 Å². The topological polar surface area (TPSA) is 3.24 Å². The van der Waals surface area contributed by atoms with Crippen molar-refractivity contribution in [3.63, 3.8) is 0 Å². The Kier molecular flexibility index (Phi) is 4.57. The number of hydrogen-bond acceptors (Lipinski definition) is 1. The smallest absolute Gasteiger partial charge is 0.0253 e.